The number of ketones is 1. The first-order valence-corrected chi connectivity index (χ1v) is 19.6. The second-order valence-corrected chi connectivity index (χ2v) is 15.1. The van der Waals surface area contributed by atoms with Gasteiger partial charge in [0.25, 0.3) is 5.91 Å². The highest BCUT2D eigenvalue weighted by molar-refractivity contribution is 6.04. The van der Waals surface area contributed by atoms with Crippen molar-refractivity contribution in [3.8, 4) is 11.1 Å². The molecule has 1 amide bonds. The van der Waals surface area contributed by atoms with Crippen LogP contribution in [0.5, 0.6) is 0 Å². The predicted octanol–water partition coefficient (Wildman–Crippen LogP) is 7.11. The molecule has 2 aliphatic rings. The van der Waals surface area contributed by atoms with Crippen molar-refractivity contribution in [3.63, 3.8) is 0 Å². The molecule has 11 heteroatoms. The monoisotopic (exact) mass is 759 g/mol. The van der Waals surface area contributed by atoms with Crippen LogP contribution in [0.25, 0.3) is 11.1 Å². The third-order valence-corrected chi connectivity index (χ3v) is 11.5. The third-order valence-electron chi connectivity index (χ3n) is 11.5. The highest BCUT2D eigenvalue weighted by Gasteiger charge is 2.31. The second kappa shape index (κ2) is 18.1. The molecule has 1 N–H and O–H groups in total. The topological polar surface area (TPSA) is 131 Å². The Morgan fingerprint density at radius 1 is 0.679 bits per heavy atom. The predicted molar refractivity (Wildman–Crippen MR) is 215 cm³/mol. The van der Waals surface area contributed by atoms with Crippen molar-refractivity contribution in [3.05, 3.63) is 111 Å². The Morgan fingerprint density at radius 3 is 1.75 bits per heavy atom. The van der Waals surface area contributed by atoms with Gasteiger partial charge >= 0.3 is 11.9 Å². The van der Waals surface area contributed by atoms with Crippen molar-refractivity contribution in [2.45, 2.75) is 97.8 Å². The number of ether oxygens (including phenoxy) is 2. The number of nitrogens with one attached hydrogen (secondary N) is 1. The Bertz CT molecular complexity index is 1970. The van der Waals surface area contributed by atoms with E-state index >= 15 is 0 Å². The summed E-state index contributed by atoms with van der Waals surface area (Å²) in [6.07, 6.45) is 9.28. The Labute approximate surface area is 329 Å². The highest BCUT2D eigenvalue weighted by Crippen LogP contribution is 2.33. The second-order valence-electron chi connectivity index (χ2n) is 15.1. The summed E-state index contributed by atoms with van der Waals surface area (Å²) in [6.45, 7) is 10.7. The van der Waals surface area contributed by atoms with Crippen LogP contribution in [0.2, 0.25) is 0 Å². The van der Waals surface area contributed by atoms with E-state index in [0.29, 0.717) is 30.2 Å². The number of aryl methyl sites for hydroxylation is 2. The number of methoxy groups -OCH3 is 2. The lowest BCUT2D eigenvalue weighted by Crippen LogP contribution is -2.44. The molecule has 0 unspecified atom stereocenters. The Morgan fingerprint density at radius 2 is 1.20 bits per heavy atom. The molecule has 2 aromatic heterocycles. The Hall–Kier alpha value is -5.26. The number of carbonyl (C=O) groups is 4. The van der Waals surface area contributed by atoms with E-state index in [4.69, 9.17) is 9.47 Å². The summed E-state index contributed by atoms with van der Waals surface area (Å²) >= 11 is 0. The number of anilines is 1. The molecule has 11 nitrogen and oxygen atoms in total. The lowest BCUT2D eigenvalue weighted by molar-refractivity contribution is -0.149. The first-order valence-electron chi connectivity index (χ1n) is 19.6. The fourth-order valence-corrected chi connectivity index (χ4v) is 8.06. The average molecular weight is 760 g/mol. The molecule has 2 aromatic carbocycles. The number of Topliss-reactive ketones (excluding diaryl/α,β-unsaturated/α-hetero) is 1. The third kappa shape index (κ3) is 9.06. The van der Waals surface area contributed by atoms with Gasteiger partial charge in [0, 0.05) is 37.6 Å². The first kappa shape index (κ1) is 40.4. The molecule has 4 heterocycles. The van der Waals surface area contributed by atoms with Crippen molar-refractivity contribution >= 4 is 29.3 Å². The maximum Gasteiger partial charge on any atom is 0.323 e. The van der Waals surface area contributed by atoms with Crippen LogP contribution >= 0.6 is 0 Å². The van der Waals surface area contributed by atoms with Crippen LogP contribution in [0.1, 0.15) is 98.4 Å². The van der Waals surface area contributed by atoms with Gasteiger partial charge in [-0.2, -0.15) is 0 Å². The van der Waals surface area contributed by atoms with E-state index < -0.39 is 0 Å². The summed E-state index contributed by atoms with van der Waals surface area (Å²) in [7, 11) is 2.86. The van der Waals surface area contributed by atoms with Gasteiger partial charge in [-0.25, -0.2) is 0 Å². The summed E-state index contributed by atoms with van der Waals surface area (Å²) in [5.41, 5.74) is 9.96. The Kier molecular flexibility index (Phi) is 13.1. The van der Waals surface area contributed by atoms with Gasteiger partial charge in [-0.05, 0) is 135 Å². The van der Waals surface area contributed by atoms with Crippen molar-refractivity contribution in [1.29, 1.82) is 0 Å². The smallest absolute Gasteiger partial charge is 0.323 e. The van der Waals surface area contributed by atoms with Crippen LogP contribution < -0.4 is 5.32 Å². The molecule has 2 aliphatic heterocycles. The number of hydrogen-bond donors (Lipinski definition) is 1. The number of likely N-dealkylation sites (tertiary alicyclic amines) is 2. The fraction of sp³-hybridized carbons (Fsp3) is 0.422. The van der Waals surface area contributed by atoms with Gasteiger partial charge in [0.05, 0.1) is 14.2 Å². The largest absolute Gasteiger partial charge is 0.468 e. The lowest BCUT2D eigenvalue weighted by atomic mass is 9.91. The number of hydrogen-bond acceptors (Lipinski definition) is 10. The number of benzene rings is 2. The van der Waals surface area contributed by atoms with E-state index in [-0.39, 0.29) is 42.1 Å². The van der Waals surface area contributed by atoms with Crippen LogP contribution in [-0.4, -0.2) is 82.8 Å². The summed E-state index contributed by atoms with van der Waals surface area (Å²) in [4.78, 5) is 65.3. The molecule has 2 atom stereocenters. The normalized spacial score (nSPS) is 17.6. The Balaban J connectivity index is 1.13. The zero-order valence-electron chi connectivity index (χ0n) is 33.4. The molecule has 0 bridgehead atoms. The van der Waals surface area contributed by atoms with Gasteiger partial charge in [0.1, 0.15) is 23.5 Å². The molecule has 56 heavy (non-hydrogen) atoms. The van der Waals surface area contributed by atoms with Gasteiger partial charge < -0.3 is 14.8 Å². The maximum absolute atomic E-state index is 13.6. The summed E-state index contributed by atoms with van der Waals surface area (Å²) in [6, 6.07) is 14.9. The SMILES string of the molecule is COC(=O)[C@H]1CCCCN1Cc1cnc(C(=O)Cc2cccc(-c3cccc(NC(=O)c4cc(C)c(CN5CCCC[C@@H]5C(=O)OC)cn4)c3C)c2C)cc1C. The van der Waals surface area contributed by atoms with Crippen molar-refractivity contribution in [2.24, 2.45) is 0 Å². The van der Waals surface area contributed by atoms with Crippen LogP contribution in [-0.2, 0) is 38.6 Å². The number of nitrogens with zero attached hydrogens (tertiary/aromatic N) is 4. The minimum atomic E-state index is -0.311. The van der Waals surface area contributed by atoms with Crippen molar-refractivity contribution < 1.29 is 28.7 Å². The molecule has 0 aliphatic carbocycles. The number of esters is 2. The molecule has 0 radical (unpaired) electrons. The highest BCUT2D eigenvalue weighted by atomic mass is 16.5. The van der Waals surface area contributed by atoms with Gasteiger partial charge in [-0.3, -0.25) is 38.9 Å². The van der Waals surface area contributed by atoms with E-state index in [1.807, 2.05) is 70.2 Å². The van der Waals surface area contributed by atoms with E-state index in [9.17, 15) is 19.2 Å². The molecule has 0 spiro atoms. The maximum atomic E-state index is 13.6. The first-order chi connectivity index (χ1) is 27.0. The van der Waals surface area contributed by atoms with Crippen LogP contribution in [0.3, 0.4) is 0 Å². The average Bonchev–Trinajstić information content (AvgIpc) is 3.20. The molecule has 4 aromatic rings. The number of pyridine rings is 2. The quantitative estimate of drug-likeness (QED) is 0.118. The van der Waals surface area contributed by atoms with Crippen LogP contribution in [0.15, 0.2) is 60.9 Å². The summed E-state index contributed by atoms with van der Waals surface area (Å²) < 4.78 is 10.1. The molecular weight excluding hydrogens is 707 g/mol. The molecule has 0 saturated carbocycles. The number of amides is 1. The van der Waals surface area contributed by atoms with E-state index in [0.717, 1.165) is 102 Å². The zero-order chi connectivity index (χ0) is 39.9. The fourth-order valence-electron chi connectivity index (χ4n) is 8.06. The van der Waals surface area contributed by atoms with Crippen LogP contribution in [0, 0.1) is 27.7 Å². The van der Waals surface area contributed by atoms with Crippen molar-refractivity contribution in [2.75, 3.05) is 32.6 Å². The molecule has 2 saturated heterocycles. The van der Waals surface area contributed by atoms with Gasteiger partial charge in [-0.15, -0.1) is 0 Å². The standard InChI is InChI=1S/C45H53N5O6/c1-28-21-38(46-24-33(28)26-49-19-9-7-17-40(49)44(53)55-5)42(51)23-32-13-11-14-35(30(32)3)36-15-12-16-37(31(36)4)48-43(52)39-22-29(2)34(25-47-39)27-50-20-10-8-18-41(50)45(54)56-6/h11-16,21-22,24-25,40-41H,7-10,17-20,23,26-27H2,1-6H3,(H,48,52)/t40-,41-/m1/s1. The number of aromatic nitrogens is 2. The minimum Gasteiger partial charge on any atom is -0.468 e. The van der Waals surface area contributed by atoms with Crippen LogP contribution in [0.4, 0.5) is 5.69 Å². The van der Waals surface area contributed by atoms with E-state index in [2.05, 4.69) is 25.1 Å². The minimum absolute atomic E-state index is 0.0731. The molecule has 2 fully saturated rings. The summed E-state index contributed by atoms with van der Waals surface area (Å²) in [5.74, 6) is -0.803. The number of piperidine rings is 2. The lowest BCUT2D eigenvalue weighted by Gasteiger charge is -2.33. The zero-order valence-corrected chi connectivity index (χ0v) is 33.4. The molecular formula is C45H53N5O6. The van der Waals surface area contributed by atoms with Gasteiger partial charge in [0.15, 0.2) is 5.78 Å². The number of carbonyl (C=O) groups excluding carboxylic acids is 4. The van der Waals surface area contributed by atoms with Gasteiger partial charge in [0.2, 0.25) is 0 Å². The van der Waals surface area contributed by atoms with E-state index in [1.54, 1.807) is 18.5 Å². The molecule has 294 valence electrons. The van der Waals surface area contributed by atoms with Gasteiger partial charge in [-0.1, -0.05) is 43.2 Å². The number of rotatable bonds is 12. The van der Waals surface area contributed by atoms with Crippen molar-refractivity contribution in [1.82, 2.24) is 19.8 Å². The van der Waals surface area contributed by atoms with E-state index in [1.165, 1.54) is 14.2 Å². The summed E-state index contributed by atoms with van der Waals surface area (Å²) in [5, 5.41) is 3.07. The molecule has 6 rings (SSSR count).